The molecule has 0 unspecified atom stereocenters. The van der Waals surface area contributed by atoms with Crippen LogP contribution < -0.4 is 4.90 Å². The van der Waals surface area contributed by atoms with Crippen LogP contribution in [-0.4, -0.2) is 39.5 Å². The van der Waals surface area contributed by atoms with E-state index >= 15 is 0 Å². The third-order valence-corrected chi connectivity index (χ3v) is 4.66. The molecule has 1 aliphatic rings. The van der Waals surface area contributed by atoms with Gasteiger partial charge in [0.15, 0.2) is 0 Å². The molecule has 1 heterocycles. The zero-order valence-corrected chi connectivity index (χ0v) is 15.3. The summed E-state index contributed by atoms with van der Waals surface area (Å²) in [5, 5.41) is 1.89. The van der Waals surface area contributed by atoms with E-state index in [0.29, 0.717) is 0 Å². The molecule has 7 heteroatoms. The van der Waals surface area contributed by atoms with Crippen LogP contribution in [0, 0.1) is 0 Å². The van der Waals surface area contributed by atoms with E-state index in [-0.39, 0.29) is 24.6 Å². The molecule has 1 aliphatic heterocycles. The van der Waals surface area contributed by atoms with Crippen LogP contribution in [0.3, 0.4) is 0 Å². The molecule has 0 saturated carbocycles. The molecule has 130 valence electrons. The van der Waals surface area contributed by atoms with Gasteiger partial charge in [0.05, 0.1) is 32.1 Å². The highest BCUT2D eigenvalue weighted by molar-refractivity contribution is 9.10. The molecule has 0 aromatic heterocycles. The van der Waals surface area contributed by atoms with E-state index in [0.717, 1.165) is 20.9 Å². The number of nitrogens with zero attached hydrogens (tertiary/aromatic N) is 1. The fourth-order valence-corrected chi connectivity index (χ4v) is 3.29. The largest absolute Gasteiger partial charge is 0.466 e. The molecule has 0 spiro atoms. The van der Waals surface area contributed by atoms with E-state index in [4.69, 9.17) is 14.2 Å². The van der Waals surface area contributed by atoms with Gasteiger partial charge in [-0.2, -0.15) is 0 Å². The number of carbonyl (C=O) groups excluding carboxylic acids is 2. The van der Waals surface area contributed by atoms with Gasteiger partial charge in [0.2, 0.25) is 0 Å². The van der Waals surface area contributed by atoms with Gasteiger partial charge in [0.1, 0.15) is 12.4 Å². The number of carbonyl (C=O) groups is 2. The molecular weight excluding hydrogens is 390 g/mol. The van der Waals surface area contributed by atoms with Crippen molar-refractivity contribution in [1.82, 2.24) is 0 Å². The van der Waals surface area contributed by atoms with E-state index in [1.165, 1.54) is 14.2 Å². The van der Waals surface area contributed by atoms with Gasteiger partial charge in [-0.3, -0.25) is 0 Å². The van der Waals surface area contributed by atoms with Crippen LogP contribution in [0.2, 0.25) is 0 Å². The lowest BCUT2D eigenvalue weighted by Gasteiger charge is -2.32. The molecule has 0 fully saturated rings. The Morgan fingerprint density at radius 2 is 1.72 bits per heavy atom. The summed E-state index contributed by atoms with van der Waals surface area (Å²) in [6.45, 7) is 0.110. The quantitative estimate of drug-likeness (QED) is 0.731. The van der Waals surface area contributed by atoms with E-state index in [2.05, 4.69) is 15.9 Å². The molecule has 0 N–H and O–H groups in total. The molecule has 0 aliphatic carbocycles. The van der Waals surface area contributed by atoms with Crippen LogP contribution in [0.25, 0.3) is 10.8 Å². The number of ether oxygens (including phenoxy) is 3. The van der Waals surface area contributed by atoms with Gasteiger partial charge in [0, 0.05) is 9.86 Å². The topological polar surface area (TPSA) is 65.1 Å². The van der Waals surface area contributed by atoms with Crippen LogP contribution >= 0.6 is 15.9 Å². The maximum Gasteiger partial charge on any atom is 0.355 e. The van der Waals surface area contributed by atoms with Crippen molar-refractivity contribution in [3.8, 4) is 0 Å². The second-order valence-corrected chi connectivity index (χ2v) is 6.18. The number of hydrogen-bond acceptors (Lipinski definition) is 6. The number of methoxy groups -OCH3 is 2. The van der Waals surface area contributed by atoms with Crippen molar-refractivity contribution in [1.29, 1.82) is 0 Å². The fourth-order valence-electron chi connectivity index (χ4n) is 2.82. The smallest absolute Gasteiger partial charge is 0.355 e. The Labute approximate surface area is 153 Å². The summed E-state index contributed by atoms with van der Waals surface area (Å²) in [6, 6.07) is 11.5. The number of hydrogen-bond donors (Lipinski definition) is 0. The van der Waals surface area contributed by atoms with Crippen LogP contribution in [0.4, 0.5) is 5.69 Å². The number of halogens is 1. The molecular formula is C18H16BrNO5. The second-order valence-electron chi connectivity index (χ2n) is 5.33. The van der Waals surface area contributed by atoms with E-state index in [9.17, 15) is 9.59 Å². The second kappa shape index (κ2) is 7.25. The minimum Gasteiger partial charge on any atom is -0.466 e. The molecule has 2 aromatic rings. The van der Waals surface area contributed by atoms with Gasteiger partial charge < -0.3 is 19.1 Å². The maximum absolute atomic E-state index is 12.4. The molecule has 0 amide bonds. The zero-order valence-electron chi connectivity index (χ0n) is 13.7. The van der Waals surface area contributed by atoms with Crippen molar-refractivity contribution in [2.75, 3.05) is 32.5 Å². The molecule has 3 rings (SSSR count). The van der Waals surface area contributed by atoms with Gasteiger partial charge >= 0.3 is 11.9 Å². The standard InChI is InChI=1S/C18H16BrNO5/c1-23-17(21)13-9-25-10-20(16(13)18(22)24-2)15-8-7-14(19)11-5-3-4-6-12(11)15/h3-8H,9-10H2,1-2H3. The van der Waals surface area contributed by atoms with Crippen molar-refractivity contribution >= 4 is 44.3 Å². The molecule has 0 bridgehead atoms. The molecule has 2 aromatic carbocycles. The average molecular weight is 406 g/mol. The van der Waals surface area contributed by atoms with Crippen molar-refractivity contribution in [3.63, 3.8) is 0 Å². The Morgan fingerprint density at radius 1 is 1.04 bits per heavy atom. The predicted octanol–water partition coefficient (Wildman–Crippen LogP) is 3.00. The SMILES string of the molecule is COC(=O)C1=C(C(=O)OC)N(c2ccc(Br)c3ccccc23)COC1. The zero-order chi connectivity index (χ0) is 18.0. The van der Waals surface area contributed by atoms with Gasteiger partial charge in [-0.15, -0.1) is 0 Å². The first kappa shape index (κ1) is 17.4. The summed E-state index contributed by atoms with van der Waals surface area (Å²) in [4.78, 5) is 26.1. The van der Waals surface area contributed by atoms with E-state index in [1.807, 2.05) is 36.4 Å². The molecule has 0 radical (unpaired) electrons. The molecule has 0 atom stereocenters. The van der Waals surface area contributed by atoms with Gasteiger partial charge in [-0.25, -0.2) is 9.59 Å². The fraction of sp³-hybridized carbons (Fsp3) is 0.222. The molecule has 25 heavy (non-hydrogen) atoms. The highest BCUT2D eigenvalue weighted by atomic mass is 79.9. The first-order valence-electron chi connectivity index (χ1n) is 7.50. The summed E-state index contributed by atoms with van der Waals surface area (Å²) in [5.41, 5.74) is 1.00. The van der Waals surface area contributed by atoms with Crippen LogP contribution in [0.1, 0.15) is 0 Å². The number of fused-ring (bicyclic) bond motifs is 1. The number of anilines is 1. The third kappa shape index (κ3) is 3.12. The van der Waals surface area contributed by atoms with Gasteiger partial charge in [0.25, 0.3) is 0 Å². The van der Waals surface area contributed by atoms with Crippen LogP contribution in [0.5, 0.6) is 0 Å². The first-order valence-corrected chi connectivity index (χ1v) is 8.30. The Balaban J connectivity index is 2.23. The molecule has 0 saturated heterocycles. The van der Waals surface area contributed by atoms with Crippen LogP contribution in [-0.2, 0) is 23.8 Å². The first-order chi connectivity index (χ1) is 12.1. The average Bonchev–Trinajstić information content (AvgIpc) is 2.66. The predicted molar refractivity (Wildman–Crippen MR) is 96.0 cm³/mol. The van der Waals surface area contributed by atoms with E-state index < -0.39 is 11.9 Å². The monoisotopic (exact) mass is 405 g/mol. The lowest BCUT2D eigenvalue weighted by atomic mass is 10.1. The Morgan fingerprint density at radius 3 is 2.40 bits per heavy atom. The van der Waals surface area contributed by atoms with E-state index in [1.54, 1.807) is 4.90 Å². The minimum atomic E-state index is -0.619. The Kier molecular flexibility index (Phi) is 5.06. The van der Waals surface area contributed by atoms with Gasteiger partial charge in [-0.05, 0) is 17.5 Å². The summed E-state index contributed by atoms with van der Waals surface area (Å²) < 4.78 is 16.1. The van der Waals surface area contributed by atoms with Crippen molar-refractivity contribution < 1.29 is 23.8 Å². The Hall–Kier alpha value is -2.38. The third-order valence-electron chi connectivity index (χ3n) is 3.97. The highest BCUT2D eigenvalue weighted by Gasteiger charge is 2.33. The summed E-state index contributed by atoms with van der Waals surface area (Å²) >= 11 is 3.53. The summed E-state index contributed by atoms with van der Waals surface area (Å²) in [7, 11) is 2.54. The van der Waals surface area contributed by atoms with Crippen molar-refractivity contribution in [2.45, 2.75) is 0 Å². The minimum absolute atomic E-state index is 0.0118. The van der Waals surface area contributed by atoms with Crippen molar-refractivity contribution in [2.24, 2.45) is 0 Å². The maximum atomic E-state index is 12.4. The number of esters is 2. The highest BCUT2D eigenvalue weighted by Crippen LogP contribution is 2.35. The lowest BCUT2D eigenvalue weighted by molar-refractivity contribution is -0.140. The summed E-state index contributed by atoms with van der Waals surface area (Å²) in [5.74, 6) is -1.23. The van der Waals surface area contributed by atoms with Crippen molar-refractivity contribution in [3.05, 3.63) is 52.1 Å². The lowest BCUT2D eigenvalue weighted by Crippen LogP contribution is -2.38. The normalized spacial score (nSPS) is 14.6. The van der Waals surface area contributed by atoms with Crippen LogP contribution in [0.15, 0.2) is 52.1 Å². The number of rotatable bonds is 3. The van der Waals surface area contributed by atoms with Gasteiger partial charge in [-0.1, -0.05) is 40.2 Å². The Bertz CT molecular complexity index is 877. The molecule has 6 nitrogen and oxygen atoms in total. The number of benzene rings is 2. The summed E-state index contributed by atoms with van der Waals surface area (Å²) in [6.07, 6.45) is 0.